The summed E-state index contributed by atoms with van der Waals surface area (Å²) in [6, 6.07) is 8.07. The average Bonchev–Trinajstić information content (AvgIpc) is 2.45. The summed E-state index contributed by atoms with van der Waals surface area (Å²) in [6.07, 6.45) is 6.31. The Kier molecular flexibility index (Phi) is 8.52. The number of carbonyl (C=O) groups is 1. The monoisotopic (exact) mass is 277 g/mol. The lowest BCUT2D eigenvalue weighted by atomic mass is 10.2. The first-order valence-corrected chi connectivity index (χ1v) is 7.69. The van der Waals surface area contributed by atoms with Crippen LogP contribution >= 0.6 is 0 Å². The van der Waals surface area contributed by atoms with Gasteiger partial charge in [0.15, 0.2) is 0 Å². The van der Waals surface area contributed by atoms with Gasteiger partial charge in [-0.25, -0.2) is 0 Å². The van der Waals surface area contributed by atoms with Crippen LogP contribution < -0.4 is 5.32 Å². The number of rotatable bonds is 10. The third-order valence-corrected chi connectivity index (χ3v) is 3.30. The zero-order valence-corrected chi connectivity index (χ0v) is 12.8. The SMILES string of the molecule is CCCCCCCOC(=O)CCNc1ccccc1C. The van der Waals surface area contributed by atoms with Crippen molar-refractivity contribution in [2.45, 2.75) is 52.4 Å². The van der Waals surface area contributed by atoms with Crippen LogP contribution in [0.25, 0.3) is 0 Å². The highest BCUT2D eigenvalue weighted by molar-refractivity contribution is 5.70. The van der Waals surface area contributed by atoms with Gasteiger partial charge in [0.1, 0.15) is 0 Å². The Hall–Kier alpha value is -1.51. The molecule has 20 heavy (non-hydrogen) atoms. The summed E-state index contributed by atoms with van der Waals surface area (Å²) in [5.41, 5.74) is 2.27. The van der Waals surface area contributed by atoms with Crippen molar-refractivity contribution >= 4 is 11.7 Å². The van der Waals surface area contributed by atoms with Crippen LogP contribution in [0.15, 0.2) is 24.3 Å². The third-order valence-electron chi connectivity index (χ3n) is 3.30. The van der Waals surface area contributed by atoms with Gasteiger partial charge in [0, 0.05) is 12.2 Å². The van der Waals surface area contributed by atoms with Crippen LogP contribution in [0.3, 0.4) is 0 Å². The highest BCUT2D eigenvalue weighted by atomic mass is 16.5. The number of para-hydroxylation sites is 1. The molecule has 0 saturated carbocycles. The Morgan fingerprint density at radius 3 is 2.65 bits per heavy atom. The van der Waals surface area contributed by atoms with Crippen molar-refractivity contribution in [1.29, 1.82) is 0 Å². The number of anilines is 1. The summed E-state index contributed by atoms with van der Waals surface area (Å²) < 4.78 is 5.21. The summed E-state index contributed by atoms with van der Waals surface area (Å²) in [6.45, 7) is 5.44. The van der Waals surface area contributed by atoms with E-state index >= 15 is 0 Å². The van der Waals surface area contributed by atoms with Crippen LogP contribution in [0.5, 0.6) is 0 Å². The molecule has 0 aliphatic carbocycles. The zero-order chi connectivity index (χ0) is 14.6. The minimum Gasteiger partial charge on any atom is -0.466 e. The van der Waals surface area contributed by atoms with Crippen LogP contribution in [0.2, 0.25) is 0 Å². The summed E-state index contributed by atoms with van der Waals surface area (Å²) in [5.74, 6) is -0.110. The van der Waals surface area contributed by atoms with Gasteiger partial charge in [0.25, 0.3) is 0 Å². The van der Waals surface area contributed by atoms with E-state index in [1.54, 1.807) is 0 Å². The molecule has 1 rings (SSSR count). The Morgan fingerprint density at radius 2 is 1.90 bits per heavy atom. The molecule has 0 saturated heterocycles. The molecule has 0 aliphatic rings. The molecule has 0 unspecified atom stereocenters. The molecule has 0 bridgehead atoms. The number of aryl methyl sites for hydroxylation is 1. The topological polar surface area (TPSA) is 38.3 Å². The van der Waals surface area contributed by atoms with E-state index in [-0.39, 0.29) is 5.97 Å². The van der Waals surface area contributed by atoms with Gasteiger partial charge in [0.2, 0.25) is 0 Å². The average molecular weight is 277 g/mol. The molecular formula is C17H27NO2. The smallest absolute Gasteiger partial charge is 0.307 e. The van der Waals surface area contributed by atoms with Gasteiger partial charge in [-0.2, -0.15) is 0 Å². The van der Waals surface area contributed by atoms with Gasteiger partial charge < -0.3 is 10.1 Å². The zero-order valence-electron chi connectivity index (χ0n) is 12.8. The quantitative estimate of drug-likeness (QED) is 0.511. The molecule has 112 valence electrons. The molecule has 0 amide bonds. The van der Waals surface area contributed by atoms with E-state index in [1.165, 1.54) is 24.8 Å². The molecule has 0 heterocycles. The lowest BCUT2D eigenvalue weighted by molar-refractivity contribution is -0.143. The molecule has 0 aliphatic heterocycles. The molecular weight excluding hydrogens is 250 g/mol. The van der Waals surface area contributed by atoms with Crippen molar-refractivity contribution in [3.05, 3.63) is 29.8 Å². The second kappa shape index (κ2) is 10.3. The van der Waals surface area contributed by atoms with Crippen molar-refractivity contribution in [2.24, 2.45) is 0 Å². The van der Waals surface area contributed by atoms with Gasteiger partial charge in [-0.3, -0.25) is 4.79 Å². The highest BCUT2D eigenvalue weighted by Crippen LogP contribution is 2.12. The molecule has 0 atom stereocenters. The maximum atomic E-state index is 11.5. The summed E-state index contributed by atoms with van der Waals surface area (Å²) >= 11 is 0. The van der Waals surface area contributed by atoms with Crippen molar-refractivity contribution in [2.75, 3.05) is 18.5 Å². The normalized spacial score (nSPS) is 10.3. The van der Waals surface area contributed by atoms with Crippen LogP contribution in [0, 0.1) is 6.92 Å². The third kappa shape index (κ3) is 7.17. The molecule has 3 nitrogen and oxygen atoms in total. The predicted octanol–water partition coefficient (Wildman–Crippen LogP) is 4.31. The van der Waals surface area contributed by atoms with Gasteiger partial charge >= 0.3 is 5.97 Å². The second-order valence-corrected chi connectivity index (χ2v) is 5.13. The van der Waals surface area contributed by atoms with Crippen molar-refractivity contribution < 1.29 is 9.53 Å². The number of hydrogen-bond donors (Lipinski definition) is 1. The van der Waals surface area contributed by atoms with E-state index in [4.69, 9.17) is 4.74 Å². The van der Waals surface area contributed by atoms with E-state index in [0.29, 0.717) is 19.6 Å². The highest BCUT2D eigenvalue weighted by Gasteiger charge is 2.03. The maximum absolute atomic E-state index is 11.5. The minimum atomic E-state index is -0.110. The molecule has 0 radical (unpaired) electrons. The lowest BCUT2D eigenvalue weighted by Gasteiger charge is -2.09. The van der Waals surface area contributed by atoms with E-state index in [1.807, 2.05) is 18.2 Å². The Balaban J connectivity index is 2.04. The van der Waals surface area contributed by atoms with E-state index in [0.717, 1.165) is 18.5 Å². The molecule has 0 fully saturated rings. The molecule has 0 aromatic heterocycles. The molecule has 1 aromatic rings. The number of esters is 1. The summed E-state index contributed by atoms with van der Waals surface area (Å²) in [7, 11) is 0. The Morgan fingerprint density at radius 1 is 1.15 bits per heavy atom. The lowest BCUT2D eigenvalue weighted by Crippen LogP contribution is -2.12. The molecule has 0 spiro atoms. The number of benzene rings is 1. The van der Waals surface area contributed by atoms with Crippen molar-refractivity contribution in [3.8, 4) is 0 Å². The van der Waals surface area contributed by atoms with E-state index in [2.05, 4.69) is 25.2 Å². The van der Waals surface area contributed by atoms with Crippen LogP contribution in [-0.4, -0.2) is 19.1 Å². The second-order valence-electron chi connectivity index (χ2n) is 5.13. The van der Waals surface area contributed by atoms with Crippen LogP contribution in [-0.2, 0) is 9.53 Å². The first-order chi connectivity index (χ1) is 9.74. The van der Waals surface area contributed by atoms with Crippen LogP contribution in [0.1, 0.15) is 51.0 Å². The summed E-state index contributed by atoms with van der Waals surface area (Å²) in [5, 5.41) is 3.26. The first kappa shape index (κ1) is 16.5. The fourth-order valence-corrected chi connectivity index (χ4v) is 2.03. The largest absolute Gasteiger partial charge is 0.466 e. The minimum absolute atomic E-state index is 0.110. The van der Waals surface area contributed by atoms with Gasteiger partial charge in [-0.05, 0) is 25.0 Å². The number of unbranched alkanes of at least 4 members (excludes halogenated alkanes) is 4. The van der Waals surface area contributed by atoms with Gasteiger partial charge in [-0.15, -0.1) is 0 Å². The number of hydrogen-bond acceptors (Lipinski definition) is 3. The fraction of sp³-hybridized carbons (Fsp3) is 0.588. The van der Waals surface area contributed by atoms with Crippen molar-refractivity contribution in [3.63, 3.8) is 0 Å². The predicted molar refractivity (Wildman–Crippen MR) is 84.0 cm³/mol. The van der Waals surface area contributed by atoms with Gasteiger partial charge in [0.05, 0.1) is 13.0 Å². The number of ether oxygens (including phenoxy) is 1. The fourth-order valence-electron chi connectivity index (χ4n) is 2.03. The first-order valence-electron chi connectivity index (χ1n) is 7.69. The number of nitrogens with one attached hydrogen (secondary N) is 1. The molecule has 3 heteroatoms. The standard InChI is InChI=1S/C17H27NO2/c1-3-4-5-6-9-14-20-17(19)12-13-18-16-11-8-7-10-15(16)2/h7-8,10-11,18H,3-6,9,12-14H2,1-2H3. The summed E-state index contributed by atoms with van der Waals surface area (Å²) in [4.78, 5) is 11.5. The van der Waals surface area contributed by atoms with Gasteiger partial charge in [-0.1, -0.05) is 50.8 Å². The Labute approximate surface area is 122 Å². The van der Waals surface area contributed by atoms with E-state index in [9.17, 15) is 4.79 Å². The van der Waals surface area contributed by atoms with Crippen LogP contribution in [0.4, 0.5) is 5.69 Å². The Bertz CT molecular complexity index is 390. The molecule has 1 aromatic carbocycles. The van der Waals surface area contributed by atoms with Crippen molar-refractivity contribution in [1.82, 2.24) is 0 Å². The number of carbonyl (C=O) groups excluding carboxylic acids is 1. The molecule has 1 N–H and O–H groups in total. The maximum Gasteiger partial charge on any atom is 0.307 e. The van der Waals surface area contributed by atoms with E-state index < -0.39 is 0 Å².